The first kappa shape index (κ1) is 34.7. The number of hydrogen-bond donors (Lipinski definition) is 2. The summed E-state index contributed by atoms with van der Waals surface area (Å²) in [6.07, 6.45) is 5.32. The van der Waals surface area contributed by atoms with Gasteiger partial charge in [-0.2, -0.15) is 0 Å². The molecule has 3 aromatic carbocycles. The summed E-state index contributed by atoms with van der Waals surface area (Å²) in [6, 6.07) is 25.4. The van der Waals surface area contributed by atoms with Crippen LogP contribution in [0, 0.1) is 23.7 Å². The Kier molecular flexibility index (Phi) is 10.3. The molecule has 2 amide bonds. The predicted molar refractivity (Wildman–Crippen MR) is 198 cm³/mol. The largest absolute Gasteiger partial charge is 0.508 e. The van der Waals surface area contributed by atoms with Crippen molar-refractivity contribution in [3.8, 4) is 5.75 Å². The molecule has 3 heterocycles. The molecule has 0 saturated carbocycles. The summed E-state index contributed by atoms with van der Waals surface area (Å²) in [5.41, 5.74) is 6.48. The number of rotatable bonds is 9. The molecule has 7 nitrogen and oxygen atoms in total. The molecule has 0 aromatic heterocycles. The summed E-state index contributed by atoms with van der Waals surface area (Å²) in [5, 5.41) is 21.5. The number of phenols is 1. The van der Waals surface area contributed by atoms with E-state index >= 15 is 0 Å². The van der Waals surface area contributed by atoms with Crippen LogP contribution in [-0.4, -0.2) is 64.1 Å². The van der Waals surface area contributed by atoms with Crippen molar-refractivity contribution in [2.45, 2.75) is 71.0 Å². The van der Waals surface area contributed by atoms with Gasteiger partial charge in [-0.25, -0.2) is 0 Å². The average Bonchev–Trinajstić information content (AvgIpc) is 3.37. The zero-order valence-corrected chi connectivity index (χ0v) is 29.6. The number of imide groups is 1. The van der Waals surface area contributed by atoms with Crippen LogP contribution in [0.2, 0.25) is 11.3 Å². The smallest absolute Gasteiger partial charge is 0.455 e. The summed E-state index contributed by atoms with van der Waals surface area (Å²) in [4.78, 5) is 32.6. The van der Waals surface area contributed by atoms with Crippen LogP contribution in [0.4, 0.5) is 0 Å². The van der Waals surface area contributed by atoms with Gasteiger partial charge in [0.25, 0.3) is 0 Å². The third-order valence-corrected chi connectivity index (χ3v) is 11.6. The highest BCUT2D eigenvalue weighted by molar-refractivity contribution is 6.43. The molecule has 50 heavy (non-hydrogen) atoms. The molecule has 2 N–H and O–H groups in total. The number of aromatic hydroxyl groups is 1. The third kappa shape index (κ3) is 7.09. The monoisotopic (exact) mass is 692 g/mol. The second-order valence-electron chi connectivity index (χ2n) is 14.7. The van der Waals surface area contributed by atoms with E-state index in [0.717, 1.165) is 54.7 Å². The van der Waals surface area contributed by atoms with Crippen LogP contribution in [0.5, 0.6) is 5.75 Å². The van der Waals surface area contributed by atoms with Gasteiger partial charge in [-0.3, -0.25) is 19.4 Å². The SMILES string of the molecule is CC(C)C1=C2[C@@H](CC/C(=C/c3ccc(O)cc3Cl)c3ccccc3)OB(O)C[C@@H]2[C@@H]2C(=O)N(C3CCN(Cc4ccccc4)CC3)C(=O)[C@@H]2C1. The van der Waals surface area contributed by atoms with Crippen LogP contribution < -0.4 is 0 Å². The van der Waals surface area contributed by atoms with Gasteiger partial charge in [-0.1, -0.05) is 91.7 Å². The number of nitrogens with zero attached hydrogens (tertiary/aromatic N) is 2. The van der Waals surface area contributed by atoms with E-state index in [1.807, 2.05) is 30.3 Å². The molecule has 3 aromatic rings. The maximum absolute atomic E-state index is 14.4. The van der Waals surface area contributed by atoms with E-state index in [9.17, 15) is 19.7 Å². The van der Waals surface area contributed by atoms with E-state index in [-0.39, 0.29) is 41.5 Å². The number of carbonyl (C=O) groups is 2. The predicted octanol–water partition coefficient (Wildman–Crippen LogP) is 7.48. The lowest BCUT2D eigenvalue weighted by Crippen LogP contribution is -2.48. The molecule has 4 atom stereocenters. The van der Waals surface area contributed by atoms with Gasteiger partial charge in [0.05, 0.1) is 23.0 Å². The molecule has 0 spiro atoms. The van der Waals surface area contributed by atoms with Crippen LogP contribution in [0.15, 0.2) is 90.0 Å². The molecule has 0 bridgehead atoms. The van der Waals surface area contributed by atoms with Crippen LogP contribution in [-0.2, 0) is 20.8 Å². The number of phenolic OH excluding ortho intramolecular Hbond substituents is 1. The topological polar surface area (TPSA) is 90.3 Å². The fourth-order valence-electron chi connectivity index (χ4n) is 8.87. The van der Waals surface area contributed by atoms with E-state index in [4.69, 9.17) is 16.3 Å². The highest BCUT2D eigenvalue weighted by atomic mass is 35.5. The standard InChI is InChI=1S/C41H46BClN2O5/c1-26(2)33-23-34-39(41(48)45(40(34)47)31-17-19-44(20-18-31)25-27-9-5-3-6-10-27)35-24-42(49)50-37(38(33)35)16-14-29(28-11-7-4-8-12-28)21-30-13-15-32(46)22-36(30)43/h3-13,15,21-22,26,31,34-35,37,39,46,49H,14,16-20,23-25H2,1-2H3/b29-21-/t34-,35+,37-,39-/m1/s1. The van der Waals surface area contributed by atoms with Crippen molar-refractivity contribution in [2.24, 2.45) is 23.7 Å². The van der Waals surface area contributed by atoms with Gasteiger partial charge < -0.3 is 14.8 Å². The molecule has 0 radical (unpaired) electrons. The molecule has 1 aliphatic carbocycles. The van der Waals surface area contributed by atoms with Gasteiger partial charge >= 0.3 is 7.12 Å². The first-order valence-corrected chi connectivity index (χ1v) is 18.5. The number of hydrogen-bond acceptors (Lipinski definition) is 6. The van der Waals surface area contributed by atoms with E-state index in [2.05, 4.69) is 55.1 Å². The van der Waals surface area contributed by atoms with E-state index in [0.29, 0.717) is 30.6 Å². The Morgan fingerprint density at radius 2 is 1.68 bits per heavy atom. The van der Waals surface area contributed by atoms with Crippen molar-refractivity contribution < 1.29 is 24.4 Å². The summed E-state index contributed by atoms with van der Waals surface area (Å²) < 4.78 is 6.32. The Morgan fingerprint density at radius 1 is 0.980 bits per heavy atom. The number of benzene rings is 3. The number of piperidine rings is 1. The third-order valence-electron chi connectivity index (χ3n) is 11.3. The van der Waals surface area contributed by atoms with Crippen molar-refractivity contribution in [1.82, 2.24) is 9.80 Å². The van der Waals surface area contributed by atoms with Gasteiger partial charge in [0.1, 0.15) is 5.75 Å². The van der Waals surface area contributed by atoms with Crippen molar-refractivity contribution in [1.29, 1.82) is 0 Å². The molecular weight excluding hydrogens is 647 g/mol. The maximum Gasteiger partial charge on any atom is 0.455 e. The van der Waals surface area contributed by atoms with E-state index < -0.39 is 19.0 Å². The molecule has 9 heteroatoms. The Morgan fingerprint density at radius 3 is 2.36 bits per heavy atom. The number of allylic oxidation sites excluding steroid dienone is 2. The lowest BCUT2D eigenvalue weighted by molar-refractivity contribution is -0.144. The number of likely N-dealkylation sites (tertiary alicyclic amines) is 2. The second kappa shape index (κ2) is 14.9. The molecule has 7 rings (SSSR count). The molecule has 3 fully saturated rings. The lowest BCUT2D eigenvalue weighted by Gasteiger charge is -2.44. The molecule has 4 aliphatic rings. The summed E-state index contributed by atoms with van der Waals surface area (Å²) >= 11 is 6.52. The fourth-order valence-corrected chi connectivity index (χ4v) is 9.10. The van der Waals surface area contributed by atoms with Crippen LogP contribution in [0.3, 0.4) is 0 Å². The summed E-state index contributed by atoms with van der Waals surface area (Å²) in [7, 11) is -1.02. The number of carbonyl (C=O) groups excluding carboxylic acids is 2. The Labute approximate surface area is 300 Å². The maximum atomic E-state index is 14.4. The first-order valence-electron chi connectivity index (χ1n) is 18.1. The molecule has 3 aliphatic heterocycles. The Hall–Kier alpha value is -3.69. The minimum atomic E-state index is -1.02. The van der Waals surface area contributed by atoms with Gasteiger partial charge in [0.2, 0.25) is 11.8 Å². The minimum absolute atomic E-state index is 0.0312. The summed E-state index contributed by atoms with van der Waals surface area (Å²) in [6.45, 7) is 6.88. The van der Waals surface area contributed by atoms with Gasteiger partial charge in [-0.15, -0.1) is 0 Å². The Bertz CT molecular complexity index is 1770. The zero-order valence-electron chi connectivity index (χ0n) is 28.9. The first-order chi connectivity index (χ1) is 24.2. The van der Waals surface area contributed by atoms with Crippen molar-refractivity contribution in [2.75, 3.05) is 13.1 Å². The lowest BCUT2D eigenvalue weighted by atomic mass is 9.57. The van der Waals surface area contributed by atoms with Crippen molar-refractivity contribution in [3.63, 3.8) is 0 Å². The van der Waals surface area contributed by atoms with Gasteiger partial charge in [0.15, 0.2) is 0 Å². The molecular formula is C41H46BClN2O5. The number of amides is 2. The van der Waals surface area contributed by atoms with Crippen LogP contribution in [0.1, 0.15) is 62.6 Å². The van der Waals surface area contributed by atoms with Gasteiger partial charge in [0, 0.05) is 25.7 Å². The number of fused-ring (bicyclic) bond motifs is 3. The van der Waals surface area contributed by atoms with E-state index in [1.54, 1.807) is 17.0 Å². The van der Waals surface area contributed by atoms with Crippen molar-refractivity contribution >= 4 is 42.2 Å². The highest BCUT2D eigenvalue weighted by Gasteiger charge is 2.58. The molecule has 260 valence electrons. The molecule has 0 unspecified atom stereocenters. The van der Waals surface area contributed by atoms with Crippen molar-refractivity contribution in [3.05, 3.63) is 112 Å². The minimum Gasteiger partial charge on any atom is -0.508 e. The average molecular weight is 693 g/mol. The van der Waals surface area contributed by atoms with Crippen LogP contribution in [0.25, 0.3) is 11.6 Å². The summed E-state index contributed by atoms with van der Waals surface area (Å²) in [5.74, 6) is -0.910. The quantitative estimate of drug-likeness (QED) is 0.105. The second-order valence-corrected chi connectivity index (χ2v) is 15.1. The molecule has 3 saturated heterocycles. The Balaban J connectivity index is 1.12. The fraction of sp³-hybridized carbons (Fsp3) is 0.415. The van der Waals surface area contributed by atoms with Crippen LogP contribution >= 0.6 is 11.6 Å². The highest BCUT2D eigenvalue weighted by Crippen LogP contribution is 2.52. The normalized spacial score (nSPS) is 25.0. The van der Waals surface area contributed by atoms with E-state index in [1.165, 1.54) is 17.2 Å². The number of halogens is 1. The zero-order chi connectivity index (χ0) is 34.9. The van der Waals surface area contributed by atoms with Gasteiger partial charge in [-0.05, 0) is 102 Å².